The fourth-order valence-corrected chi connectivity index (χ4v) is 5.31. The molecule has 0 radical (unpaired) electrons. The van der Waals surface area contributed by atoms with Gasteiger partial charge in [-0.3, -0.25) is 9.59 Å². The minimum Gasteiger partial charge on any atom is -0.341 e. The van der Waals surface area contributed by atoms with Crippen LogP contribution in [0.1, 0.15) is 40.4 Å². The van der Waals surface area contributed by atoms with Crippen LogP contribution < -0.4 is 0 Å². The number of rotatable bonds is 7. The maximum Gasteiger partial charge on any atom is 0.263 e. The average Bonchev–Trinajstić information content (AvgIpc) is 3.30. The van der Waals surface area contributed by atoms with E-state index in [2.05, 4.69) is 0 Å². The lowest BCUT2D eigenvalue weighted by Crippen LogP contribution is -2.34. The summed E-state index contributed by atoms with van der Waals surface area (Å²) < 4.78 is 13.6. The van der Waals surface area contributed by atoms with Crippen LogP contribution in [0.25, 0.3) is 0 Å². The Kier molecular flexibility index (Phi) is 6.55. The molecule has 27 heavy (non-hydrogen) atoms. The molecule has 0 spiro atoms. The van der Waals surface area contributed by atoms with E-state index in [4.69, 9.17) is 0 Å². The third-order valence-corrected chi connectivity index (χ3v) is 7.12. The van der Waals surface area contributed by atoms with Gasteiger partial charge in [-0.25, -0.2) is 4.39 Å². The highest BCUT2D eigenvalue weighted by Gasteiger charge is 2.39. The Balaban J connectivity index is 1.64. The third kappa shape index (κ3) is 4.52. The minimum absolute atomic E-state index is 0.000221. The number of thioether (sulfide) groups is 1. The zero-order valence-electron chi connectivity index (χ0n) is 15.4. The van der Waals surface area contributed by atoms with Gasteiger partial charge in [-0.05, 0) is 42.0 Å². The quantitative estimate of drug-likeness (QED) is 0.684. The fourth-order valence-electron chi connectivity index (χ4n) is 3.17. The average molecular weight is 407 g/mol. The van der Waals surface area contributed by atoms with E-state index in [-0.39, 0.29) is 28.3 Å². The molecule has 1 aliphatic rings. The van der Waals surface area contributed by atoms with Crippen molar-refractivity contribution in [2.75, 3.05) is 20.1 Å². The lowest BCUT2D eigenvalue weighted by atomic mass is 10.2. The van der Waals surface area contributed by atoms with Gasteiger partial charge < -0.3 is 9.80 Å². The third-order valence-electron chi connectivity index (χ3n) is 4.61. The molecule has 1 aliphatic heterocycles. The SMILES string of the molecule is CC[C@@H]1S[C@H](c2cccc(F)c2)N(CCCN(C)C(=O)c2cccs2)C1=O. The molecule has 0 saturated carbocycles. The van der Waals surface area contributed by atoms with Crippen LogP contribution >= 0.6 is 23.1 Å². The summed E-state index contributed by atoms with van der Waals surface area (Å²) in [5.41, 5.74) is 0.812. The number of nitrogens with zero attached hydrogens (tertiary/aromatic N) is 2. The first kappa shape index (κ1) is 19.9. The summed E-state index contributed by atoms with van der Waals surface area (Å²) in [6, 6.07) is 10.1. The zero-order chi connectivity index (χ0) is 19.4. The van der Waals surface area contributed by atoms with E-state index in [0.717, 1.165) is 12.0 Å². The number of carbonyl (C=O) groups is 2. The normalized spacial score (nSPS) is 19.5. The van der Waals surface area contributed by atoms with Crippen LogP contribution in [0, 0.1) is 5.82 Å². The van der Waals surface area contributed by atoms with Crippen molar-refractivity contribution in [3.05, 3.63) is 58.0 Å². The first-order chi connectivity index (χ1) is 13.0. The molecule has 1 fully saturated rings. The Bertz CT molecular complexity index is 797. The van der Waals surface area contributed by atoms with Gasteiger partial charge in [0.1, 0.15) is 11.2 Å². The molecule has 1 saturated heterocycles. The molecular formula is C20H23FN2O2S2. The summed E-state index contributed by atoms with van der Waals surface area (Å²) in [6.07, 6.45) is 1.44. The highest BCUT2D eigenvalue weighted by Crippen LogP contribution is 2.44. The molecular weight excluding hydrogens is 383 g/mol. The van der Waals surface area contributed by atoms with Crippen LogP contribution in [0.5, 0.6) is 0 Å². The molecule has 0 unspecified atom stereocenters. The van der Waals surface area contributed by atoms with Gasteiger partial charge >= 0.3 is 0 Å². The molecule has 2 atom stereocenters. The van der Waals surface area contributed by atoms with Crippen LogP contribution in [0.4, 0.5) is 4.39 Å². The Labute approximate surface area is 167 Å². The monoisotopic (exact) mass is 406 g/mol. The van der Waals surface area contributed by atoms with Crippen LogP contribution in [0.2, 0.25) is 0 Å². The number of carbonyl (C=O) groups excluding carboxylic acids is 2. The largest absolute Gasteiger partial charge is 0.341 e. The van der Waals surface area contributed by atoms with Crippen molar-refractivity contribution in [2.45, 2.75) is 30.4 Å². The molecule has 144 valence electrons. The summed E-state index contributed by atoms with van der Waals surface area (Å²) in [6.45, 7) is 3.11. The molecule has 3 rings (SSSR count). The molecule has 0 N–H and O–H groups in total. The summed E-state index contributed by atoms with van der Waals surface area (Å²) in [5.74, 6) is -0.189. The molecule has 1 aromatic carbocycles. The first-order valence-electron chi connectivity index (χ1n) is 9.01. The molecule has 4 nitrogen and oxygen atoms in total. The van der Waals surface area contributed by atoms with E-state index in [9.17, 15) is 14.0 Å². The second-order valence-corrected chi connectivity index (χ2v) is 8.76. The Morgan fingerprint density at radius 3 is 2.78 bits per heavy atom. The lowest BCUT2D eigenvalue weighted by molar-refractivity contribution is -0.130. The number of halogens is 1. The van der Waals surface area contributed by atoms with Crippen molar-refractivity contribution in [1.29, 1.82) is 0 Å². The number of amides is 2. The maximum absolute atomic E-state index is 13.6. The van der Waals surface area contributed by atoms with Crippen LogP contribution in [0.15, 0.2) is 41.8 Å². The molecule has 2 amide bonds. The van der Waals surface area contributed by atoms with Gasteiger partial charge in [-0.15, -0.1) is 23.1 Å². The molecule has 7 heteroatoms. The smallest absolute Gasteiger partial charge is 0.263 e. The van der Waals surface area contributed by atoms with Crippen molar-refractivity contribution < 1.29 is 14.0 Å². The zero-order valence-corrected chi connectivity index (χ0v) is 17.1. The summed E-state index contributed by atoms with van der Waals surface area (Å²) in [7, 11) is 1.78. The first-order valence-corrected chi connectivity index (χ1v) is 10.8. The highest BCUT2D eigenvalue weighted by molar-refractivity contribution is 8.01. The van der Waals surface area contributed by atoms with Crippen molar-refractivity contribution in [3.8, 4) is 0 Å². The van der Waals surface area contributed by atoms with E-state index in [1.165, 1.54) is 23.5 Å². The van der Waals surface area contributed by atoms with Crippen molar-refractivity contribution >= 4 is 34.9 Å². The van der Waals surface area contributed by atoms with Gasteiger partial charge in [0.25, 0.3) is 5.91 Å². The summed E-state index contributed by atoms with van der Waals surface area (Å²) in [5, 5.41) is 1.62. The number of hydrogen-bond acceptors (Lipinski definition) is 4. The predicted octanol–water partition coefficient (Wildman–Crippen LogP) is 4.40. The van der Waals surface area contributed by atoms with Crippen molar-refractivity contribution in [1.82, 2.24) is 9.80 Å². The van der Waals surface area contributed by atoms with Crippen LogP contribution in [-0.4, -0.2) is 47.0 Å². The van der Waals surface area contributed by atoms with Crippen LogP contribution in [0.3, 0.4) is 0 Å². The van der Waals surface area contributed by atoms with E-state index in [1.54, 1.807) is 29.8 Å². The number of hydrogen-bond donors (Lipinski definition) is 0. The van der Waals surface area contributed by atoms with E-state index >= 15 is 0 Å². The predicted molar refractivity (Wildman–Crippen MR) is 108 cm³/mol. The Morgan fingerprint density at radius 2 is 2.11 bits per heavy atom. The summed E-state index contributed by atoms with van der Waals surface area (Å²) in [4.78, 5) is 29.3. The van der Waals surface area contributed by atoms with Crippen molar-refractivity contribution in [3.63, 3.8) is 0 Å². The molecule has 0 bridgehead atoms. The molecule has 0 aliphatic carbocycles. The Morgan fingerprint density at radius 1 is 1.30 bits per heavy atom. The highest BCUT2D eigenvalue weighted by atomic mass is 32.2. The van der Waals surface area contributed by atoms with Gasteiger partial charge in [0, 0.05) is 20.1 Å². The molecule has 2 aromatic rings. The van der Waals surface area contributed by atoms with E-state index in [1.807, 2.05) is 35.4 Å². The van der Waals surface area contributed by atoms with E-state index < -0.39 is 0 Å². The standard InChI is InChI=1S/C20H23FN2O2S2/c1-3-16-19(25)23(20(27-16)14-7-4-8-15(21)13-14)11-6-10-22(2)18(24)17-9-5-12-26-17/h4-5,7-9,12-13,16,20H,3,6,10-11H2,1-2H3/t16-,20+/m0/s1. The summed E-state index contributed by atoms with van der Waals surface area (Å²) >= 11 is 3.01. The van der Waals surface area contributed by atoms with E-state index in [0.29, 0.717) is 24.4 Å². The molecule has 2 heterocycles. The van der Waals surface area contributed by atoms with Crippen molar-refractivity contribution in [2.24, 2.45) is 0 Å². The second kappa shape index (κ2) is 8.89. The van der Waals surface area contributed by atoms with Crippen LogP contribution in [-0.2, 0) is 4.79 Å². The van der Waals surface area contributed by atoms with Gasteiger partial charge in [0.2, 0.25) is 5.91 Å². The molecule has 1 aromatic heterocycles. The van der Waals surface area contributed by atoms with Gasteiger partial charge in [-0.2, -0.15) is 0 Å². The Hall–Kier alpha value is -1.86. The fraction of sp³-hybridized carbons (Fsp3) is 0.400. The number of benzene rings is 1. The van der Waals surface area contributed by atoms with Gasteiger partial charge in [0.15, 0.2) is 0 Å². The minimum atomic E-state index is -0.290. The van der Waals surface area contributed by atoms with Gasteiger partial charge in [-0.1, -0.05) is 25.1 Å². The van der Waals surface area contributed by atoms with Gasteiger partial charge in [0.05, 0.1) is 10.1 Å². The number of thiophene rings is 1. The lowest BCUT2D eigenvalue weighted by Gasteiger charge is -2.25. The second-order valence-electron chi connectivity index (χ2n) is 6.53. The maximum atomic E-state index is 13.6. The topological polar surface area (TPSA) is 40.6 Å².